The van der Waals surface area contributed by atoms with Crippen LogP contribution in [0.2, 0.25) is 0 Å². The number of hydrogen-bond acceptors (Lipinski definition) is 4. The first-order valence-corrected chi connectivity index (χ1v) is 9.20. The first-order valence-electron chi connectivity index (χ1n) is 9.20. The molecule has 2 aromatic rings. The summed E-state index contributed by atoms with van der Waals surface area (Å²) in [7, 11) is 0. The summed E-state index contributed by atoms with van der Waals surface area (Å²) in [6.45, 7) is 0.346. The molecule has 2 aliphatic rings. The zero-order chi connectivity index (χ0) is 19.6. The average molecular weight is 387 g/mol. The molecule has 0 N–H and O–H groups in total. The maximum atomic E-state index is 13.1. The molecule has 4 nitrogen and oxygen atoms in total. The lowest BCUT2D eigenvalue weighted by atomic mass is 10.0. The zero-order valence-electron chi connectivity index (χ0n) is 15.2. The van der Waals surface area contributed by atoms with Gasteiger partial charge in [0.25, 0.3) is 0 Å². The third kappa shape index (κ3) is 4.42. The van der Waals surface area contributed by atoms with E-state index >= 15 is 0 Å². The molecule has 28 heavy (non-hydrogen) atoms. The van der Waals surface area contributed by atoms with Gasteiger partial charge in [0.05, 0.1) is 17.8 Å². The van der Waals surface area contributed by atoms with E-state index < -0.39 is 11.7 Å². The van der Waals surface area contributed by atoms with E-state index in [0.29, 0.717) is 18.9 Å². The first kappa shape index (κ1) is 18.7. The van der Waals surface area contributed by atoms with E-state index in [2.05, 4.69) is 9.97 Å². The summed E-state index contributed by atoms with van der Waals surface area (Å²) >= 11 is 0. The lowest BCUT2D eigenvalue weighted by Gasteiger charge is -2.25. The predicted octanol–water partition coefficient (Wildman–Crippen LogP) is 4.80. The minimum Gasteiger partial charge on any atom is -0.269 e. The molecule has 1 aromatic carbocycles. The van der Waals surface area contributed by atoms with Gasteiger partial charge in [0, 0.05) is 18.3 Å². The fraction of sp³-hybridized carbons (Fsp3) is 0.333. The summed E-state index contributed by atoms with van der Waals surface area (Å²) in [5, 5.41) is 1.57. The van der Waals surface area contributed by atoms with Gasteiger partial charge in [-0.25, -0.2) is 9.97 Å². The Bertz CT molecular complexity index is 904. The third-order valence-corrected chi connectivity index (χ3v) is 4.86. The molecule has 1 aliphatic carbocycles. The van der Waals surface area contributed by atoms with Gasteiger partial charge in [-0.2, -0.15) is 13.2 Å². The van der Waals surface area contributed by atoms with Gasteiger partial charge in [-0.15, -0.1) is 0 Å². The van der Waals surface area contributed by atoms with E-state index in [4.69, 9.17) is 4.84 Å². The summed E-state index contributed by atoms with van der Waals surface area (Å²) in [5.74, 6) is 0.531. The fourth-order valence-electron chi connectivity index (χ4n) is 3.33. The van der Waals surface area contributed by atoms with Gasteiger partial charge in [-0.05, 0) is 48.1 Å². The molecule has 2 heterocycles. The van der Waals surface area contributed by atoms with Crippen LogP contribution in [0.3, 0.4) is 0 Å². The minimum atomic E-state index is -4.39. The van der Waals surface area contributed by atoms with E-state index in [1.807, 2.05) is 18.3 Å². The number of hydrogen-bond donors (Lipinski definition) is 0. The van der Waals surface area contributed by atoms with E-state index in [1.54, 1.807) is 23.7 Å². The molecule has 0 radical (unpaired) electrons. The minimum absolute atomic E-state index is 0.118. The summed E-state index contributed by atoms with van der Waals surface area (Å²) in [4.78, 5) is 14.2. The van der Waals surface area contributed by atoms with Crippen molar-refractivity contribution in [2.45, 2.75) is 38.0 Å². The second kappa shape index (κ2) is 7.75. The molecule has 0 atom stereocenters. The van der Waals surface area contributed by atoms with Gasteiger partial charge >= 0.3 is 6.18 Å². The standard InChI is InChI=1S/C21H20F3N3O/c22-21(23,24)19-6-2-1-5-17(19)13-28-27-9-3-4-15(12-27)10-18-11-25-14-26-20(18)16-7-8-16/h1-6,9,11,14,16H,7-8,10,12-13H2. The van der Waals surface area contributed by atoms with Crippen LogP contribution in [0.1, 0.15) is 41.1 Å². The van der Waals surface area contributed by atoms with Crippen LogP contribution in [0.15, 0.2) is 60.7 Å². The van der Waals surface area contributed by atoms with Crippen molar-refractivity contribution in [1.29, 1.82) is 0 Å². The predicted molar refractivity (Wildman–Crippen MR) is 97.9 cm³/mol. The Morgan fingerprint density at radius 1 is 1.14 bits per heavy atom. The molecule has 146 valence electrons. The second-order valence-corrected chi connectivity index (χ2v) is 7.05. The van der Waals surface area contributed by atoms with Crippen molar-refractivity contribution in [3.63, 3.8) is 0 Å². The Hall–Kier alpha value is -2.67. The van der Waals surface area contributed by atoms with Crippen LogP contribution in [0.25, 0.3) is 0 Å². The van der Waals surface area contributed by atoms with E-state index in [1.165, 1.54) is 12.1 Å². The highest BCUT2D eigenvalue weighted by Gasteiger charge is 2.33. The molecular weight excluding hydrogens is 367 g/mol. The smallest absolute Gasteiger partial charge is 0.269 e. The van der Waals surface area contributed by atoms with Crippen molar-refractivity contribution < 1.29 is 18.0 Å². The summed E-state index contributed by atoms with van der Waals surface area (Å²) in [6.07, 6.45) is 7.65. The summed E-state index contributed by atoms with van der Waals surface area (Å²) in [5.41, 5.74) is 2.77. The van der Waals surface area contributed by atoms with Crippen LogP contribution in [0, 0.1) is 0 Å². The van der Waals surface area contributed by atoms with Gasteiger partial charge in [0.2, 0.25) is 0 Å². The maximum Gasteiger partial charge on any atom is 0.416 e. The molecule has 0 unspecified atom stereocenters. The molecule has 4 rings (SSSR count). The van der Waals surface area contributed by atoms with Crippen molar-refractivity contribution in [3.05, 3.63) is 83.1 Å². The highest BCUT2D eigenvalue weighted by Crippen LogP contribution is 2.40. The molecule has 0 spiro atoms. The number of halogens is 3. The van der Waals surface area contributed by atoms with Crippen molar-refractivity contribution in [3.8, 4) is 0 Å². The van der Waals surface area contributed by atoms with Crippen LogP contribution in [-0.2, 0) is 24.0 Å². The highest BCUT2D eigenvalue weighted by molar-refractivity contribution is 5.31. The van der Waals surface area contributed by atoms with E-state index in [0.717, 1.165) is 35.7 Å². The Balaban J connectivity index is 1.39. The molecular formula is C21H20F3N3O. The molecule has 1 aliphatic heterocycles. The fourth-order valence-corrected chi connectivity index (χ4v) is 3.33. The monoisotopic (exact) mass is 387 g/mol. The van der Waals surface area contributed by atoms with Crippen molar-refractivity contribution in [2.24, 2.45) is 0 Å². The first-order chi connectivity index (χ1) is 13.5. The lowest BCUT2D eigenvalue weighted by Crippen LogP contribution is -2.24. The van der Waals surface area contributed by atoms with Crippen molar-refractivity contribution >= 4 is 0 Å². The molecule has 1 saturated carbocycles. The second-order valence-electron chi connectivity index (χ2n) is 7.05. The zero-order valence-corrected chi connectivity index (χ0v) is 15.2. The Morgan fingerprint density at radius 3 is 2.75 bits per heavy atom. The number of allylic oxidation sites excluding steroid dienone is 2. The van der Waals surface area contributed by atoms with Gasteiger partial charge < -0.3 is 0 Å². The molecule has 7 heteroatoms. The number of hydroxylamine groups is 2. The molecule has 0 saturated heterocycles. The van der Waals surface area contributed by atoms with Gasteiger partial charge in [0.1, 0.15) is 12.9 Å². The number of nitrogens with zero attached hydrogens (tertiary/aromatic N) is 3. The quantitative estimate of drug-likeness (QED) is 0.714. The Morgan fingerprint density at radius 2 is 1.96 bits per heavy atom. The third-order valence-electron chi connectivity index (χ3n) is 4.86. The summed E-state index contributed by atoms with van der Waals surface area (Å²) in [6, 6.07) is 5.48. The highest BCUT2D eigenvalue weighted by atomic mass is 19.4. The van der Waals surface area contributed by atoms with Crippen LogP contribution < -0.4 is 0 Å². The number of aromatic nitrogens is 2. The van der Waals surface area contributed by atoms with Crippen LogP contribution in [0.4, 0.5) is 13.2 Å². The van der Waals surface area contributed by atoms with E-state index in [-0.39, 0.29) is 12.2 Å². The van der Waals surface area contributed by atoms with Gasteiger partial charge in [-0.1, -0.05) is 24.3 Å². The molecule has 0 bridgehead atoms. The van der Waals surface area contributed by atoms with Crippen molar-refractivity contribution in [2.75, 3.05) is 6.54 Å². The topological polar surface area (TPSA) is 38.2 Å². The summed E-state index contributed by atoms with van der Waals surface area (Å²) < 4.78 is 39.4. The Kier molecular flexibility index (Phi) is 5.17. The van der Waals surface area contributed by atoms with Crippen LogP contribution >= 0.6 is 0 Å². The van der Waals surface area contributed by atoms with Gasteiger partial charge in [0.15, 0.2) is 0 Å². The molecule has 1 aromatic heterocycles. The Labute approximate surface area is 161 Å². The lowest BCUT2D eigenvalue weighted by molar-refractivity contribution is -0.146. The normalized spacial score (nSPS) is 17.0. The van der Waals surface area contributed by atoms with Crippen molar-refractivity contribution in [1.82, 2.24) is 15.0 Å². The SMILES string of the molecule is FC(F)(F)c1ccccc1CON1C=CC=C(Cc2cncnc2C2CC2)C1. The molecule has 0 amide bonds. The number of alkyl halides is 3. The van der Waals surface area contributed by atoms with Crippen LogP contribution in [0.5, 0.6) is 0 Å². The maximum absolute atomic E-state index is 13.1. The molecule has 1 fully saturated rings. The van der Waals surface area contributed by atoms with E-state index in [9.17, 15) is 13.2 Å². The van der Waals surface area contributed by atoms with Crippen LogP contribution in [-0.4, -0.2) is 21.6 Å². The number of rotatable bonds is 6. The van der Waals surface area contributed by atoms with Gasteiger partial charge in [-0.3, -0.25) is 9.90 Å². The largest absolute Gasteiger partial charge is 0.416 e. The average Bonchev–Trinajstić information content (AvgIpc) is 3.52. The number of benzene rings is 1.